The fourth-order valence-corrected chi connectivity index (χ4v) is 5.32. The number of amides is 1. The van der Waals surface area contributed by atoms with E-state index in [0.29, 0.717) is 12.2 Å². The highest BCUT2D eigenvalue weighted by Gasteiger charge is 2.28. The summed E-state index contributed by atoms with van der Waals surface area (Å²) in [5.74, 6) is 0.482. The first-order valence-corrected chi connectivity index (χ1v) is 9.78. The van der Waals surface area contributed by atoms with E-state index in [1.807, 2.05) is 13.8 Å². The van der Waals surface area contributed by atoms with Gasteiger partial charge >= 0.3 is 0 Å². The third-order valence-electron chi connectivity index (χ3n) is 3.55. The molecule has 1 amide bonds. The largest absolute Gasteiger partial charge is 0.352 e. The summed E-state index contributed by atoms with van der Waals surface area (Å²) in [6, 6.07) is 4.00. The minimum absolute atomic E-state index is 0.0754. The van der Waals surface area contributed by atoms with E-state index >= 15 is 0 Å². The van der Waals surface area contributed by atoms with Crippen molar-refractivity contribution in [2.75, 3.05) is 17.3 Å². The van der Waals surface area contributed by atoms with E-state index < -0.39 is 9.84 Å². The van der Waals surface area contributed by atoms with Gasteiger partial charge in [0.2, 0.25) is 5.91 Å². The average Bonchev–Trinajstić information content (AvgIpc) is 2.67. The Morgan fingerprint density at radius 3 is 2.43 bits per heavy atom. The van der Waals surface area contributed by atoms with Crippen molar-refractivity contribution in [1.29, 1.82) is 0 Å². The maximum absolute atomic E-state index is 11.9. The number of nitrogens with one attached hydrogen (secondary N) is 1. The van der Waals surface area contributed by atoms with Gasteiger partial charge in [-0.1, -0.05) is 17.7 Å². The number of carbonyl (C=O) groups excluding carboxylic acids is 1. The summed E-state index contributed by atoms with van der Waals surface area (Å²) in [5.41, 5.74) is 3.57. The normalized spacial score (nSPS) is 20.4. The van der Waals surface area contributed by atoms with Crippen LogP contribution in [0.15, 0.2) is 17.0 Å². The van der Waals surface area contributed by atoms with Crippen molar-refractivity contribution in [1.82, 2.24) is 5.32 Å². The zero-order valence-corrected chi connectivity index (χ0v) is 14.2. The molecule has 1 aromatic rings. The third kappa shape index (κ3) is 4.48. The maximum atomic E-state index is 11.9. The average molecular weight is 327 g/mol. The number of sulfone groups is 1. The van der Waals surface area contributed by atoms with Crippen LogP contribution in [0.4, 0.5) is 0 Å². The quantitative estimate of drug-likeness (QED) is 0.859. The number of rotatable bonds is 4. The van der Waals surface area contributed by atoms with Crippen molar-refractivity contribution in [2.45, 2.75) is 38.1 Å². The van der Waals surface area contributed by atoms with Gasteiger partial charge < -0.3 is 5.32 Å². The summed E-state index contributed by atoms with van der Waals surface area (Å²) in [7, 11) is -2.95. The van der Waals surface area contributed by atoms with E-state index in [9.17, 15) is 13.2 Å². The molecule has 0 spiro atoms. The highest BCUT2D eigenvalue weighted by molar-refractivity contribution is 8.00. The molecule has 1 fully saturated rings. The molecule has 6 heteroatoms. The van der Waals surface area contributed by atoms with Crippen LogP contribution in [0.5, 0.6) is 0 Å². The fourth-order valence-electron chi connectivity index (χ4n) is 2.71. The molecule has 2 rings (SSSR count). The van der Waals surface area contributed by atoms with Gasteiger partial charge in [0.05, 0.1) is 17.3 Å². The summed E-state index contributed by atoms with van der Waals surface area (Å²) in [4.78, 5) is 13.1. The van der Waals surface area contributed by atoms with E-state index in [1.165, 1.54) is 28.5 Å². The monoisotopic (exact) mass is 327 g/mol. The summed E-state index contributed by atoms with van der Waals surface area (Å²) in [6.45, 7) is 6.15. The number of aryl methyl sites for hydroxylation is 3. The Kier molecular flexibility index (Phi) is 4.99. The first-order valence-electron chi connectivity index (χ1n) is 6.97. The van der Waals surface area contributed by atoms with Gasteiger partial charge in [0.1, 0.15) is 0 Å². The van der Waals surface area contributed by atoms with Crippen LogP contribution in [0.2, 0.25) is 0 Å². The van der Waals surface area contributed by atoms with Crippen molar-refractivity contribution in [3.8, 4) is 0 Å². The number of hydrogen-bond donors (Lipinski definition) is 1. The molecule has 0 aromatic heterocycles. The van der Waals surface area contributed by atoms with Gasteiger partial charge in [-0.25, -0.2) is 8.42 Å². The molecule has 1 atom stereocenters. The van der Waals surface area contributed by atoms with E-state index in [-0.39, 0.29) is 23.5 Å². The SMILES string of the molecule is Cc1cc(C)c(SCC(=O)NC2CCS(=O)(=O)C2)c(C)c1. The molecule has 0 bridgehead atoms. The second-order valence-electron chi connectivity index (χ2n) is 5.68. The van der Waals surface area contributed by atoms with Crippen LogP contribution >= 0.6 is 11.8 Å². The lowest BCUT2D eigenvalue weighted by atomic mass is 10.1. The van der Waals surface area contributed by atoms with Crippen LogP contribution in [-0.4, -0.2) is 37.6 Å². The molecule has 4 nitrogen and oxygen atoms in total. The first-order chi connectivity index (χ1) is 9.77. The van der Waals surface area contributed by atoms with Crippen molar-refractivity contribution in [2.24, 2.45) is 0 Å². The van der Waals surface area contributed by atoms with Crippen LogP contribution < -0.4 is 5.32 Å². The van der Waals surface area contributed by atoms with E-state index in [1.54, 1.807) is 0 Å². The van der Waals surface area contributed by atoms with Gasteiger partial charge in [0, 0.05) is 10.9 Å². The summed E-state index contributed by atoms with van der Waals surface area (Å²) in [5, 5.41) is 2.82. The Morgan fingerprint density at radius 2 is 1.90 bits per heavy atom. The molecule has 0 saturated carbocycles. The van der Waals surface area contributed by atoms with E-state index in [0.717, 1.165) is 4.90 Å². The number of thioether (sulfide) groups is 1. The minimum atomic E-state index is -2.95. The molecule has 0 aliphatic carbocycles. The highest BCUT2D eigenvalue weighted by Crippen LogP contribution is 2.27. The molecule has 1 saturated heterocycles. The fraction of sp³-hybridized carbons (Fsp3) is 0.533. The van der Waals surface area contributed by atoms with Gasteiger partial charge in [-0.15, -0.1) is 11.8 Å². The van der Waals surface area contributed by atoms with E-state index in [4.69, 9.17) is 0 Å². The lowest BCUT2D eigenvalue weighted by Gasteiger charge is -2.13. The van der Waals surface area contributed by atoms with Gasteiger partial charge in [-0.05, 0) is 38.3 Å². The Morgan fingerprint density at radius 1 is 1.29 bits per heavy atom. The topological polar surface area (TPSA) is 63.2 Å². The second kappa shape index (κ2) is 6.40. The Balaban J connectivity index is 1.90. The van der Waals surface area contributed by atoms with Gasteiger partial charge in [-0.2, -0.15) is 0 Å². The zero-order chi connectivity index (χ0) is 15.6. The molecular weight excluding hydrogens is 306 g/mol. The van der Waals surface area contributed by atoms with Crippen molar-refractivity contribution < 1.29 is 13.2 Å². The molecule has 1 N–H and O–H groups in total. The van der Waals surface area contributed by atoms with Gasteiger partial charge in [0.25, 0.3) is 0 Å². The third-order valence-corrected chi connectivity index (χ3v) is 6.66. The van der Waals surface area contributed by atoms with Crippen LogP contribution in [0.1, 0.15) is 23.1 Å². The zero-order valence-electron chi connectivity index (χ0n) is 12.6. The molecule has 116 valence electrons. The summed E-state index contributed by atoms with van der Waals surface area (Å²) >= 11 is 1.51. The predicted octanol–water partition coefficient (Wildman–Crippen LogP) is 2.01. The molecule has 1 aliphatic rings. The summed E-state index contributed by atoms with van der Waals surface area (Å²) in [6.07, 6.45) is 0.529. The van der Waals surface area contributed by atoms with Crippen LogP contribution in [0.25, 0.3) is 0 Å². The first kappa shape index (κ1) is 16.4. The molecule has 21 heavy (non-hydrogen) atoms. The highest BCUT2D eigenvalue weighted by atomic mass is 32.2. The molecule has 1 aromatic carbocycles. The van der Waals surface area contributed by atoms with Gasteiger partial charge in [-0.3, -0.25) is 4.79 Å². The number of carbonyl (C=O) groups is 1. The minimum Gasteiger partial charge on any atom is -0.352 e. The lowest BCUT2D eigenvalue weighted by molar-refractivity contribution is -0.119. The predicted molar refractivity (Wildman–Crippen MR) is 86.6 cm³/mol. The lowest BCUT2D eigenvalue weighted by Crippen LogP contribution is -2.36. The number of hydrogen-bond acceptors (Lipinski definition) is 4. The Hall–Kier alpha value is -1.01. The standard InChI is InChI=1S/C15H21NO3S2/c1-10-6-11(2)15(12(3)7-10)20-8-14(17)16-13-4-5-21(18,19)9-13/h6-7,13H,4-5,8-9H2,1-3H3,(H,16,17). The van der Waals surface area contributed by atoms with Gasteiger partial charge in [0.15, 0.2) is 9.84 Å². The maximum Gasteiger partial charge on any atom is 0.230 e. The van der Waals surface area contributed by atoms with Crippen molar-refractivity contribution in [3.05, 3.63) is 28.8 Å². The van der Waals surface area contributed by atoms with Crippen molar-refractivity contribution in [3.63, 3.8) is 0 Å². The van der Waals surface area contributed by atoms with Crippen LogP contribution in [0, 0.1) is 20.8 Å². The molecule has 1 aliphatic heterocycles. The smallest absolute Gasteiger partial charge is 0.230 e. The summed E-state index contributed by atoms with van der Waals surface area (Å²) < 4.78 is 22.7. The number of benzene rings is 1. The second-order valence-corrected chi connectivity index (χ2v) is 8.90. The van der Waals surface area contributed by atoms with Crippen LogP contribution in [-0.2, 0) is 14.6 Å². The molecule has 1 heterocycles. The van der Waals surface area contributed by atoms with E-state index in [2.05, 4.69) is 24.4 Å². The Labute approximate surface area is 130 Å². The molecule has 1 unspecified atom stereocenters. The van der Waals surface area contributed by atoms with Crippen molar-refractivity contribution >= 4 is 27.5 Å². The Bertz CT molecular complexity index is 630. The molecule has 0 radical (unpaired) electrons. The molecular formula is C15H21NO3S2. The van der Waals surface area contributed by atoms with Crippen LogP contribution in [0.3, 0.4) is 0 Å².